The second kappa shape index (κ2) is 8.14. The van der Waals surface area contributed by atoms with Crippen molar-refractivity contribution in [1.82, 2.24) is 4.57 Å². The van der Waals surface area contributed by atoms with Gasteiger partial charge in [0.15, 0.2) is 0 Å². The van der Waals surface area contributed by atoms with Crippen LogP contribution >= 0.6 is 5.77 Å². The van der Waals surface area contributed by atoms with E-state index in [4.69, 9.17) is 9.13 Å². The van der Waals surface area contributed by atoms with Gasteiger partial charge in [-0.25, -0.2) is 9.13 Å². The summed E-state index contributed by atoms with van der Waals surface area (Å²) in [5.41, 5.74) is 0. The first kappa shape index (κ1) is 13.8. The van der Waals surface area contributed by atoms with E-state index in [1.165, 1.54) is 12.8 Å². The summed E-state index contributed by atoms with van der Waals surface area (Å²) in [5.74, 6) is -2.11. The number of aromatic nitrogens is 2. The molecule has 0 amide bonds. The molecule has 1 aromatic rings. The summed E-state index contributed by atoms with van der Waals surface area (Å²) in [7, 11) is 2.04. The third kappa shape index (κ3) is 8.40. The van der Waals surface area contributed by atoms with E-state index in [9.17, 15) is 0 Å². The van der Waals surface area contributed by atoms with Gasteiger partial charge < -0.3 is 0 Å². The van der Waals surface area contributed by atoms with Gasteiger partial charge in [0.25, 0.3) is 0 Å². The SMILES string of the molecule is CCCC[n+]1ccn(C)c1.O=[P](=O)[Mo]. The maximum absolute atomic E-state index is 9.04. The van der Waals surface area contributed by atoms with Crippen LogP contribution in [0.4, 0.5) is 0 Å². The van der Waals surface area contributed by atoms with Gasteiger partial charge in [0.05, 0.1) is 13.6 Å². The molecule has 0 aliphatic rings. The van der Waals surface area contributed by atoms with Gasteiger partial charge in [-0.15, -0.1) is 0 Å². The minimum absolute atomic E-state index is 1.06. The van der Waals surface area contributed by atoms with Gasteiger partial charge in [0.2, 0.25) is 6.33 Å². The van der Waals surface area contributed by atoms with E-state index >= 15 is 0 Å². The van der Waals surface area contributed by atoms with E-state index in [0.29, 0.717) is 0 Å². The van der Waals surface area contributed by atoms with Crippen molar-refractivity contribution < 1.29 is 33.0 Å². The quantitative estimate of drug-likeness (QED) is 0.484. The van der Waals surface area contributed by atoms with Crippen LogP contribution in [-0.4, -0.2) is 4.57 Å². The van der Waals surface area contributed by atoms with Crippen molar-refractivity contribution in [3.8, 4) is 0 Å². The normalized spacial score (nSPS) is 9.00. The van der Waals surface area contributed by atoms with Gasteiger partial charge in [0.1, 0.15) is 12.4 Å². The van der Waals surface area contributed by atoms with Crippen molar-refractivity contribution in [2.24, 2.45) is 7.05 Å². The van der Waals surface area contributed by atoms with E-state index in [0.717, 1.165) is 25.9 Å². The molecule has 0 aliphatic heterocycles. The molecule has 6 heteroatoms. The van der Waals surface area contributed by atoms with Crippen LogP contribution in [0.2, 0.25) is 0 Å². The molecule has 0 saturated heterocycles. The summed E-state index contributed by atoms with van der Waals surface area (Å²) in [5, 5.41) is 0. The molecule has 0 bridgehead atoms. The molecule has 0 aromatic carbocycles. The first-order valence-corrected chi connectivity index (χ1v) is 8.17. The topological polar surface area (TPSA) is 43.0 Å². The zero-order valence-electron chi connectivity index (χ0n) is 8.42. The van der Waals surface area contributed by atoms with Gasteiger partial charge >= 0.3 is 34.2 Å². The summed E-state index contributed by atoms with van der Waals surface area (Å²) in [6.45, 7) is 3.36. The van der Waals surface area contributed by atoms with Gasteiger partial charge in [0, 0.05) is 0 Å². The fraction of sp³-hybridized carbons (Fsp3) is 0.625. The van der Waals surface area contributed by atoms with Crippen LogP contribution < -0.4 is 4.57 Å². The fourth-order valence-electron chi connectivity index (χ4n) is 0.975. The third-order valence-corrected chi connectivity index (χ3v) is 1.59. The molecule has 79 valence electrons. The first-order valence-electron chi connectivity index (χ1n) is 4.38. The summed E-state index contributed by atoms with van der Waals surface area (Å²) in [6, 6.07) is 0. The molecule has 1 rings (SSSR count). The number of unbranched alkanes of at least 4 members (excludes halogenated alkanes) is 1. The summed E-state index contributed by atoms with van der Waals surface area (Å²) < 4.78 is 22.4. The molecule has 0 atom stereocenters. The van der Waals surface area contributed by atoms with Crippen LogP contribution in [0.5, 0.6) is 0 Å². The van der Waals surface area contributed by atoms with Gasteiger partial charge in [-0.2, -0.15) is 0 Å². The summed E-state index contributed by atoms with van der Waals surface area (Å²) in [6.07, 6.45) is 8.82. The van der Waals surface area contributed by atoms with Crippen LogP contribution in [0.1, 0.15) is 19.8 Å². The van der Waals surface area contributed by atoms with Crippen molar-refractivity contribution in [3.63, 3.8) is 0 Å². The zero-order valence-corrected chi connectivity index (χ0v) is 11.3. The van der Waals surface area contributed by atoms with Crippen LogP contribution in [0.15, 0.2) is 18.7 Å². The molecule has 0 saturated carbocycles. The molecule has 14 heavy (non-hydrogen) atoms. The molecular weight excluding hydrogens is 283 g/mol. The Bertz CT molecular complexity index is 315. The van der Waals surface area contributed by atoms with Crippen LogP contribution in [0, 0.1) is 0 Å². The Kier molecular flexibility index (Phi) is 8.02. The average molecular weight is 298 g/mol. The minimum atomic E-state index is -2.11. The van der Waals surface area contributed by atoms with Gasteiger partial charge in [-0.3, -0.25) is 0 Å². The molecule has 1 heterocycles. The number of nitrogens with zero attached hydrogens (tertiary/aromatic N) is 2. The number of rotatable bonds is 3. The van der Waals surface area contributed by atoms with Crippen molar-refractivity contribution in [3.05, 3.63) is 18.7 Å². The molecule has 0 unspecified atom stereocenters. The van der Waals surface area contributed by atoms with E-state index in [2.05, 4.69) is 34.8 Å². The Morgan fingerprint density at radius 1 is 1.50 bits per heavy atom. The van der Waals surface area contributed by atoms with E-state index in [1.807, 2.05) is 7.05 Å². The second-order valence-corrected chi connectivity index (χ2v) is 5.54. The van der Waals surface area contributed by atoms with Crippen molar-refractivity contribution in [2.45, 2.75) is 26.3 Å². The Morgan fingerprint density at radius 3 is 2.43 bits per heavy atom. The summed E-state index contributed by atoms with van der Waals surface area (Å²) in [4.78, 5) is 0. The molecule has 0 radical (unpaired) electrons. The standard InChI is InChI=1S/C8H15N2.Mo.O2P/c1-3-4-5-10-7-6-9(2)8-10;;1-3-2/h6-8H,3-5H2,1-2H3;;/q+1;;. The number of imidazole rings is 1. The maximum atomic E-state index is 9.04. The third-order valence-electron chi connectivity index (χ3n) is 1.59. The van der Waals surface area contributed by atoms with Gasteiger partial charge in [-0.05, 0) is 6.42 Å². The molecule has 0 N–H and O–H groups in total. The van der Waals surface area contributed by atoms with Crippen LogP contribution in [-0.2, 0) is 42.0 Å². The second-order valence-electron chi connectivity index (χ2n) is 2.89. The Morgan fingerprint density at radius 2 is 2.07 bits per heavy atom. The number of hydrogen-bond donors (Lipinski definition) is 0. The molecule has 1 aromatic heterocycles. The van der Waals surface area contributed by atoms with Gasteiger partial charge in [-0.1, -0.05) is 13.3 Å². The van der Waals surface area contributed by atoms with Crippen molar-refractivity contribution in [1.29, 1.82) is 0 Å². The Hall–Kier alpha value is -0.202. The monoisotopic (exact) mass is 300 g/mol. The van der Waals surface area contributed by atoms with Crippen molar-refractivity contribution >= 4 is 5.77 Å². The number of aryl methyl sites for hydroxylation is 2. The van der Waals surface area contributed by atoms with Crippen LogP contribution in [0.3, 0.4) is 0 Å². The zero-order chi connectivity index (χ0) is 11.0. The fourth-order valence-corrected chi connectivity index (χ4v) is 0.975. The molecule has 0 spiro atoms. The molecule has 0 aliphatic carbocycles. The first-order chi connectivity index (χ1) is 6.56. The van der Waals surface area contributed by atoms with Crippen LogP contribution in [0.25, 0.3) is 0 Å². The number of hydrogen-bond acceptors (Lipinski definition) is 2. The molecule has 4 nitrogen and oxygen atoms in total. The predicted octanol–water partition coefficient (Wildman–Crippen LogP) is 1.73. The molecular formula is C8H15MoN2O2P+. The Labute approximate surface area is 95.5 Å². The van der Waals surface area contributed by atoms with E-state index < -0.39 is 5.77 Å². The van der Waals surface area contributed by atoms with E-state index in [1.54, 1.807) is 0 Å². The van der Waals surface area contributed by atoms with E-state index in [-0.39, 0.29) is 0 Å². The Balaban J connectivity index is 0.000000364. The predicted molar refractivity (Wildman–Crippen MR) is 48.8 cm³/mol. The molecule has 0 fully saturated rings. The summed E-state index contributed by atoms with van der Waals surface area (Å²) >= 11 is 1.06. The average Bonchev–Trinajstić information content (AvgIpc) is 2.47. The van der Waals surface area contributed by atoms with Crippen molar-refractivity contribution in [2.75, 3.05) is 0 Å².